The number of anilines is 1. The molecule has 2 aliphatic carbocycles. The lowest BCUT2D eigenvalue weighted by molar-refractivity contribution is -0.384. The Morgan fingerprint density at radius 2 is 1.59 bits per heavy atom. The van der Waals surface area contributed by atoms with Gasteiger partial charge in [-0.25, -0.2) is 4.79 Å². The zero-order valence-electron chi connectivity index (χ0n) is 20.4. The number of amides is 2. The molecule has 1 heterocycles. The van der Waals surface area contributed by atoms with E-state index in [2.05, 4.69) is 12.2 Å². The van der Waals surface area contributed by atoms with Crippen LogP contribution in [0.2, 0.25) is 5.02 Å². The van der Waals surface area contributed by atoms with Crippen LogP contribution in [0.15, 0.2) is 78.9 Å². The maximum atomic E-state index is 13.0. The minimum atomic E-state index is -0.544. The van der Waals surface area contributed by atoms with Crippen LogP contribution in [0.1, 0.15) is 22.3 Å². The standard InChI is InChI=1S/C29H21ClN2O7/c30-23-14-21(32(36)37)9-12-24(23)39-22-10-1-16(2-11-22)15-38-29(35)17-5-7-20(8-6-17)31-27(33)25-18-3-4-19(13-18)26(25)28(31)34/h1-12,14,18-19,25-26H,13,15H2/t18-,19-,25+,26+/m0/s1. The molecule has 0 radical (unpaired) electrons. The van der Waals surface area contributed by atoms with Crippen LogP contribution in [0, 0.1) is 33.8 Å². The molecule has 4 atom stereocenters. The third-order valence-corrected chi connectivity index (χ3v) is 7.77. The van der Waals surface area contributed by atoms with Gasteiger partial charge >= 0.3 is 5.97 Å². The number of nitrogens with zero attached hydrogens (tertiary/aromatic N) is 2. The Labute approximate surface area is 227 Å². The van der Waals surface area contributed by atoms with Gasteiger partial charge < -0.3 is 9.47 Å². The number of ether oxygens (including phenoxy) is 2. The van der Waals surface area contributed by atoms with E-state index in [4.69, 9.17) is 21.1 Å². The molecule has 39 heavy (non-hydrogen) atoms. The molecule has 2 bridgehead atoms. The average Bonchev–Trinajstić information content (AvgIpc) is 3.62. The van der Waals surface area contributed by atoms with Gasteiger partial charge in [-0.2, -0.15) is 0 Å². The van der Waals surface area contributed by atoms with Crippen molar-refractivity contribution in [3.63, 3.8) is 0 Å². The molecule has 0 unspecified atom stereocenters. The zero-order valence-corrected chi connectivity index (χ0v) is 21.1. The Morgan fingerprint density at radius 3 is 2.18 bits per heavy atom. The van der Waals surface area contributed by atoms with Crippen molar-refractivity contribution in [2.24, 2.45) is 23.7 Å². The average molecular weight is 545 g/mol. The fourth-order valence-corrected chi connectivity index (χ4v) is 5.82. The van der Waals surface area contributed by atoms with Gasteiger partial charge in [-0.15, -0.1) is 0 Å². The summed E-state index contributed by atoms with van der Waals surface area (Å²) in [7, 11) is 0. The van der Waals surface area contributed by atoms with E-state index < -0.39 is 10.9 Å². The lowest BCUT2D eigenvalue weighted by Crippen LogP contribution is -2.32. The van der Waals surface area contributed by atoms with Crippen LogP contribution in [-0.4, -0.2) is 22.7 Å². The van der Waals surface area contributed by atoms with Crippen LogP contribution in [-0.2, 0) is 20.9 Å². The lowest BCUT2D eigenvalue weighted by Gasteiger charge is -2.17. The molecule has 9 nitrogen and oxygen atoms in total. The number of nitro benzene ring substituents is 1. The number of imide groups is 1. The van der Waals surface area contributed by atoms with Crippen molar-refractivity contribution >= 4 is 40.8 Å². The molecular weight excluding hydrogens is 524 g/mol. The van der Waals surface area contributed by atoms with Gasteiger partial charge in [0.15, 0.2) is 0 Å². The van der Waals surface area contributed by atoms with E-state index in [0.717, 1.165) is 6.42 Å². The van der Waals surface area contributed by atoms with Crippen LogP contribution in [0.5, 0.6) is 11.5 Å². The molecule has 1 saturated carbocycles. The summed E-state index contributed by atoms with van der Waals surface area (Å²) in [6.45, 7) is 0.0153. The Morgan fingerprint density at radius 1 is 0.949 bits per heavy atom. The number of non-ortho nitro benzene ring substituents is 1. The van der Waals surface area contributed by atoms with Gasteiger partial charge in [0.2, 0.25) is 11.8 Å². The Balaban J connectivity index is 1.05. The van der Waals surface area contributed by atoms with Crippen LogP contribution in [0.25, 0.3) is 0 Å². The largest absolute Gasteiger partial charge is 0.457 e. The summed E-state index contributed by atoms with van der Waals surface area (Å²) in [5, 5.41) is 11.0. The molecule has 0 spiro atoms. The van der Waals surface area contributed by atoms with Gasteiger partial charge in [0.05, 0.1) is 33.0 Å². The summed E-state index contributed by atoms with van der Waals surface area (Å²) >= 11 is 6.07. The summed E-state index contributed by atoms with van der Waals surface area (Å²) in [6.07, 6.45) is 4.97. The molecule has 3 aromatic rings. The molecule has 3 aliphatic rings. The number of fused-ring (bicyclic) bond motifs is 5. The van der Waals surface area contributed by atoms with Crippen LogP contribution in [0.4, 0.5) is 11.4 Å². The molecule has 10 heteroatoms. The fraction of sp³-hybridized carbons (Fsp3) is 0.207. The van der Waals surface area contributed by atoms with E-state index in [1.54, 1.807) is 48.5 Å². The second kappa shape index (κ2) is 9.67. The summed E-state index contributed by atoms with van der Waals surface area (Å²) < 4.78 is 11.1. The van der Waals surface area contributed by atoms with Gasteiger partial charge in [-0.3, -0.25) is 24.6 Å². The molecule has 1 aliphatic heterocycles. The van der Waals surface area contributed by atoms with Crippen molar-refractivity contribution in [3.05, 3.63) is 105 Å². The molecule has 2 fully saturated rings. The highest BCUT2D eigenvalue weighted by atomic mass is 35.5. The van der Waals surface area contributed by atoms with Crippen molar-refractivity contribution < 1.29 is 28.8 Å². The van der Waals surface area contributed by atoms with Gasteiger partial charge in [-0.05, 0) is 66.3 Å². The number of carbonyl (C=O) groups excluding carboxylic acids is 3. The van der Waals surface area contributed by atoms with E-state index in [1.165, 1.54) is 23.1 Å². The normalized spacial score (nSPS) is 22.7. The van der Waals surface area contributed by atoms with Gasteiger partial charge in [0.25, 0.3) is 5.69 Å². The molecule has 0 N–H and O–H groups in total. The monoisotopic (exact) mass is 544 g/mol. The summed E-state index contributed by atoms with van der Waals surface area (Å²) in [4.78, 5) is 50.1. The number of allylic oxidation sites excluding steroid dienone is 2. The maximum absolute atomic E-state index is 13.0. The Bertz CT molecular complexity index is 1500. The highest BCUT2D eigenvalue weighted by Crippen LogP contribution is 2.53. The molecule has 3 aromatic carbocycles. The maximum Gasteiger partial charge on any atom is 0.338 e. The van der Waals surface area contributed by atoms with Crippen LogP contribution >= 0.6 is 11.6 Å². The zero-order chi connectivity index (χ0) is 27.3. The van der Waals surface area contributed by atoms with Crippen molar-refractivity contribution in [3.8, 4) is 11.5 Å². The third-order valence-electron chi connectivity index (χ3n) is 7.48. The van der Waals surface area contributed by atoms with Crippen molar-refractivity contribution in [1.82, 2.24) is 0 Å². The molecule has 0 aromatic heterocycles. The minimum absolute atomic E-state index is 0.0153. The molecular formula is C29H21ClN2O7. The quantitative estimate of drug-likeness (QED) is 0.123. The van der Waals surface area contributed by atoms with E-state index in [1.807, 2.05) is 0 Å². The number of rotatable bonds is 7. The second-order valence-corrected chi connectivity index (χ2v) is 10.2. The number of carbonyl (C=O) groups is 3. The molecule has 196 valence electrons. The summed E-state index contributed by atoms with van der Waals surface area (Å²) in [6, 6.07) is 17.0. The van der Waals surface area contributed by atoms with E-state index in [9.17, 15) is 24.5 Å². The van der Waals surface area contributed by atoms with Crippen molar-refractivity contribution in [2.75, 3.05) is 4.90 Å². The number of esters is 1. The summed E-state index contributed by atoms with van der Waals surface area (Å²) in [5.74, 6) is -0.434. The first kappa shape index (κ1) is 24.8. The first-order chi connectivity index (χ1) is 18.8. The first-order valence-corrected chi connectivity index (χ1v) is 12.7. The van der Waals surface area contributed by atoms with E-state index in [-0.39, 0.29) is 58.6 Å². The van der Waals surface area contributed by atoms with Crippen LogP contribution in [0.3, 0.4) is 0 Å². The van der Waals surface area contributed by atoms with Crippen molar-refractivity contribution in [2.45, 2.75) is 13.0 Å². The predicted molar refractivity (Wildman–Crippen MR) is 140 cm³/mol. The number of halogens is 1. The number of hydrogen-bond acceptors (Lipinski definition) is 7. The molecule has 6 rings (SSSR count). The number of hydrogen-bond donors (Lipinski definition) is 0. The highest BCUT2D eigenvalue weighted by Gasteiger charge is 2.59. The summed E-state index contributed by atoms with van der Waals surface area (Å²) in [5.41, 5.74) is 1.33. The highest BCUT2D eigenvalue weighted by molar-refractivity contribution is 6.32. The van der Waals surface area contributed by atoms with Gasteiger partial charge in [0, 0.05) is 12.1 Å². The number of benzene rings is 3. The van der Waals surface area contributed by atoms with Crippen molar-refractivity contribution in [1.29, 1.82) is 0 Å². The minimum Gasteiger partial charge on any atom is -0.457 e. The fourth-order valence-electron chi connectivity index (χ4n) is 5.60. The van der Waals surface area contributed by atoms with Crippen LogP contribution < -0.4 is 9.64 Å². The predicted octanol–water partition coefficient (Wildman–Crippen LogP) is 5.71. The Hall–Kier alpha value is -4.50. The third kappa shape index (κ3) is 4.44. The number of nitro groups is 1. The SMILES string of the molecule is O=C(OCc1ccc(Oc2ccc([N+](=O)[O-])cc2Cl)cc1)c1ccc(N2C(=O)[C@H]3[C@H](C2=O)[C@H]2C=C[C@H]3C2)cc1. The van der Waals surface area contributed by atoms with Gasteiger partial charge in [-0.1, -0.05) is 35.9 Å². The molecule has 1 saturated heterocycles. The van der Waals surface area contributed by atoms with E-state index in [0.29, 0.717) is 22.6 Å². The first-order valence-electron chi connectivity index (χ1n) is 12.3. The topological polar surface area (TPSA) is 116 Å². The smallest absolute Gasteiger partial charge is 0.338 e. The lowest BCUT2D eigenvalue weighted by atomic mass is 9.85. The Kier molecular flexibility index (Phi) is 6.15. The van der Waals surface area contributed by atoms with E-state index >= 15 is 0 Å². The molecule has 2 amide bonds. The second-order valence-electron chi connectivity index (χ2n) is 9.75. The van der Waals surface area contributed by atoms with Gasteiger partial charge in [0.1, 0.15) is 18.1 Å².